The van der Waals surface area contributed by atoms with Gasteiger partial charge in [-0.2, -0.15) is 0 Å². The molecule has 0 saturated carbocycles. The van der Waals surface area contributed by atoms with Crippen LogP contribution in [0.2, 0.25) is 0 Å². The molecular weight excluding hydrogens is 160 g/mol. The second-order valence-electron chi connectivity index (χ2n) is 2.58. The van der Waals surface area contributed by atoms with Gasteiger partial charge < -0.3 is 14.6 Å². The lowest BCUT2D eigenvalue weighted by atomic mass is 10.2. The predicted molar refractivity (Wildman–Crippen MR) is 41.5 cm³/mol. The zero-order valence-electron chi connectivity index (χ0n) is 6.95. The summed E-state index contributed by atoms with van der Waals surface area (Å²) in [5.74, 6) is -0.389. The number of ether oxygens (including phenoxy) is 2. The monoisotopic (exact) mass is 172 g/mol. The Morgan fingerprint density at radius 3 is 3.00 bits per heavy atom. The van der Waals surface area contributed by atoms with E-state index < -0.39 is 0 Å². The maximum absolute atomic E-state index is 11.0. The van der Waals surface area contributed by atoms with Gasteiger partial charge in [0.2, 0.25) is 0 Å². The summed E-state index contributed by atoms with van der Waals surface area (Å²) >= 11 is 0. The first-order valence-corrected chi connectivity index (χ1v) is 3.82. The minimum Gasteiger partial charge on any atom is -0.460 e. The molecule has 1 atom stereocenters. The van der Waals surface area contributed by atoms with E-state index in [9.17, 15) is 4.79 Å². The molecule has 4 heteroatoms. The number of esters is 1. The van der Waals surface area contributed by atoms with E-state index in [1.165, 1.54) is 0 Å². The minimum atomic E-state index is -0.389. The summed E-state index contributed by atoms with van der Waals surface area (Å²) in [4.78, 5) is 11.0. The molecule has 68 valence electrons. The second kappa shape index (κ2) is 4.23. The van der Waals surface area contributed by atoms with Crippen LogP contribution >= 0.6 is 0 Å². The van der Waals surface area contributed by atoms with E-state index in [2.05, 4.69) is 4.74 Å². The van der Waals surface area contributed by atoms with Crippen LogP contribution in [0, 0.1) is 0 Å². The number of hydrogen-bond acceptors (Lipinski definition) is 4. The Labute approximate surface area is 70.8 Å². The van der Waals surface area contributed by atoms with Crippen LogP contribution in [0.3, 0.4) is 0 Å². The first kappa shape index (κ1) is 9.22. The molecule has 1 aliphatic rings. The van der Waals surface area contributed by atoms with E-state index in [1.807, 2.05) is 0 Å². The standard InChI is InChI=1S/C8H12O4/c1-6(4-7-5-12-7)8(10)11-3-2-9/h4,7,9H,2-3,5H2,1H3. The van der Waals surface area contributed by atoms with Crippen LogP contribution in [-0.4, -0.2) is 37.0 Å². The van der Waals surface area contributed by atoms with E-state index in [1.54, 1.807) is 13.0 Å². The molecule has 0 aromatic heterocycles. The van der Waals surface area contributed by atoms with Gasteiger partial charge in [0.25, 0.3) is 0 Å². The molecule has 0 amide bonds. The molecule has 0 bridgehead atoms. The van der Waals surface area contributed by atoms with Crippen LogP contribution in [0.15, 0.2) is 11.6 Å². The Hall–Kier alpha value is -0.870. The van der Waals surface area contributed by atoms with E-state index in [-0.39, 0.29) is 25.3 Å². The van der Waals surface area contributed by atoms with Crippen molar-refractivity contribution in [3.8, 4) is 0 Å². The van der Waals surface area contributed by atoms with Gasteiger partial charge in [0, 0.05) is 5.57 Å². The summed E-state index contributed by atoms with van der Waals surface area (Å²) in [7, 11) is 0. The first-order valence-electron chi connectivity index (χ1n) is 3.82. The lowest BCUT2D eigenvalue weighted by molar-refractivity contribution is -0.139. The van der Waals surface area contributed by atoms with Crippen LogP contribution < -0.4 is 0 Å². The predicted octanol–water partition coefficient (Wildman–Crippen LogP) is -0.133. The van der Waals surface area contributed by atoms with Crippen molar-refractivity contribution in [1.82, 2.24) is 0 Å². The smallest absolute Gasteiger partial charge is 0.333 e. The SMILES string of the molecule is CC(=CC1CO1)C(=O)OCCO. The summed E-state index contributed by atoms with van der Waals surface area (Å²) in [6, 6.07) is 0. The van der Waals surface area contributed by atoms with E-state index in [0.29, 0.717) is 12.2 Å². The Kier molecular flexibility index (Phi) is 3.25. The van der Waals surface area contributed by atoms with Crippen LogP contribution in [0.5, 0.6) is 0 Å². The average molecular weight is 172 g/mol. The second-order valence-corrected chi connectivity index (χ2v) is 2.58. The summed E-state index contributed by atoms with van der Waals surface area (Å²) in [5, 5.41) is 8.37. The third-order valence-corrected chi connectivity index (χ3v) is 1.44. The Morgan fingerprint density at radius 2 is 2.50 bits per heavy atom. The zero-order chi connectivity index (χ0) is 8.97. The molecule has 12 heavy (non-hydrogen) atoms. The lowest BCUT2D eigenvalue weighted by Crippen LogP contribution is -2.09. The molecule has 0 spiro atoms. The molecule has 4 nitrogen and oxygen atoms in total. The van der Waals surface area contributed by atoms with Gasteiger partial charge in [0.1, 0.15) is 6.61 Å². The number of carbonyl (C=O) groups is 1. The third kappa shape index (κ3) is 3.02. The van der Waals surface area contributed by atoms with E-state index in [0.717, 1.165) is 0 Å². The number of rotatable bonds is 4. The summed E-state index contributed by atoms with van der Waals surface area (Å²) in [5.41, 5.74) is 0.533. The lowest BCUT2D eigenvalue weighted by Gasteiger charge is -2.01. The highest BCUT2D eigenvalue weighted by molar-refractivity contribution is 5.87. The van der Waals surface area contributed by atoms with Crippen LogP contribution in [0.4, 0.5) is 0 Å². The molecular formula is C8H12O4. The number of carbonyl (C=O) groups excluding carboxylic acids is 1. The highest BCUT2D eigenvalue weighted by Gasteiger charge is 2.21. The van der Waals surface area contributed by atoms with Crippen molar-refractivity contribution in [2.45, 2.75) is 13.0 Å². The van der Waals surface area contributed by atoms with Crippen LogP contribution in [0.1, 0.15) is 6.92 Å². The summed E-state index contributed by atoms with van der Waals surface area (Å²) in [6.07, 6.45) is 1.81. The molecule has 0 aliphatic carbocycles. The van der Waals surface area contributed by atoms with Gasteiger partial charge in [-0.05, 0) is 13.0 Å². The van der Waals surface area contributed by atoms with E-state index in [4.69, 9.17) is 9.84 Å². The quantitative estimate of drug-likeness (QED) is 0.364. The van der Waals surface area contributed by atoms with Gasteiger partial charge in [-0.1, -0.05) is 0 Å². The van der Waals surface area contributed by atoms with Gasteiger partial charge in [-0.25, -0.2) is 4.79 Å². The fraction of sp³-hybridized carbons (Fsp3) is 0.625. The Bertz CT molecular complexity index is 193. The van der Waals surface area contributed by atoms with Crippen molar-refractivity contribution >= 4 is 5.97 Å². The largest absolute Gasteiger partial charge is 0.460 e. The molecule has 1 unspecified atom stereocenters. The van der Waals surface area contributed by atoms with Crippen molar-refractivity contribution in [2.24, 2.45) is 0 Å². The fourth-order valence-corrected chi connectivity index (χ4v) is 0.751. The van der Waals surface area contributed by atoms with E-state index >= 15 is 0 Å². The van der Waals surface area contributed by atoms with Gasteiger partial charge in [0.05, 0.1) is 19.3 Å². The van der Waals surface area contributed by atoms with Crippen molar-refractivity contribution in [2.75, 3.05) is 19.8 Å². The van der Waals surface area contributed by atoms with Gasteiger partial charge in [-0.15, -0.1) is 0 Å². The van der Waals surface area contributed by atoms with Crippen molar-refractivity contribution in [3.05, 3.63) is 11.6 Å². The van der Waals surface area contributed by atoms with Gasteiger partial charge in [0.15, 0.2) is 0 Å². The van der Waals surface area contributed by atoms with Crippen molar-refractivity contribution in [3.63, 3.8) is 0 Å². The highest BCUT2D eigenvalue weighted by atomic mass is 16.6. The average Bonchev–Trinajstić information content (AvgIpc) is 2.83. The molecule has 1 saturated heterocycles. The Balaban J connectivity index is 2.29. The molecule has 0 aromatic rings. The number of aliphatic hydroxyl groups is 1. The van der Waals surface area contributed by atoms with Crippen LogP contribution in [0.25, 0.3) is 0 Å². The number of hydrogen-bond donors (Lipinski definition) is 1. The molecule has 1 heterocycles. The zero-order valence-corrected chi connectivity index (χ0v) is 6.95. The van der Waals surface area contributed by atoms with Crippen LogP contribution in [-0.2, 0) is 14.3 Å². The minimum absolute atomic E-state index is 0.0511. The highest BCUT2D eigenvalue weighted by Crippen LogP contribution is 2.13. The molecule has 1 rings (SSSR count). The molecule has 0 radical (unpaired) electrons. The maximum Gasteiger partial charge on any atom is 0.333 e. The molecule has 1 N–H and O–H groups in total. The number of aliphatic hydroxyl groups excluding tert-OH is 1. The van der Waals surface area contributed by atoms with Gasteiger partial charge >= 0.3 is 5.97 Å². The maximum atomic E-state index is 11.0. The fourth-order valence-electron chi connectivity index (χ4n) is 0.751. The first-order chi connectivity index (χ1) is 5.74. The third-order valence-electron chi connectivity index (χ3n) is 1.44. The van der Waals surface area contributed by atoms with Crippen molar-refractivity contribution < 1.29 is 19.4 Å². The van der Waals surface area contributed by atoms with Crippen molar-refractivity contribution in [1.29, 1.82) is 0 Å². The topological polar surface area (TPSA) is 59.1 Å². The summed E-state index contributed by atoms with van der Waals surface area (Å²) in [6.45, 7) is 2.26. The molecule has 0 aromatic carbocycles. The van der Waals surface area contributed by atoms with Gasteiger partial charge in [-0.3, -0.25) is 0 Å². The molecule has 1 fully saturated rings. The number of epoxide rings is 1. The Morgan fingerprint density at radius 1 is 1.83 bits per heavy atom. The summed E-state index contributed by atoms with van der Waals surface area (Å²) < 4.78 is 9.57. The normalized spacial score (nSPS) is 22.2. The molecule has 1 aliphatic heterocycles.